The zero-order valence-corrected chi connectivity index (χ0v) is 22.6. The van der Waals surface area contributed by atoms with E-state index >= 15 is 0 Å². The van der Waals surface area contributed by atoms with Crippen molar-refractivity contribution in [2.75, 3.05) is 26.1 Å². The van der Waals surface area contributed by atoms with Crippen LogP contribution >= 0.6 is 11.3 Å². The highest BCUT2D eigenvalue weighted by Gasteiger charge is 2.26. The minimum atomic E-state index is -0.640. The van der Waals surface area contributed by atoms with Crippen molar-refractivity contribution < 1.29 is 28.6 Å². The number of benzene rings is 2. The van der Waals surface area contributed by atoms with E-state index in [9.17, 15) is 14.4 Å². The fraction of sp³-hybridized carbons (Fsp3) is 0.310. The summed E-state index contributed by atoms with van der Waals surface area (Å²) in [4.78, 5) is 46.9. The number of aromatic amines is 1. The second kappa shape index (κ2) is 11.7. The number of fused-ring (bicyclic) bond motifs is 2. The van der Waals surface area contributed by atoms with Gasteiger partial charge in [-0.3, -0.25) is 4.79 Å². The molecule has 0 atom stereocenters. The van der Waals surface area contributed by atoms with Crippen LogP contribution in [0.1, 0.15) is 56.8 Å². The summed E-state index contributed by atoms with van der Waals surface area (Å²) in [5.74, 6) is -0.229. The van der Waals surface area contributed by atoms with Crippen LogP contribution < -0.4 is 10.1 Å². The molecule has 0 radical (unpaired) electrons. The topological polar surface area (TPSA) is 120 Å². The number of ether oxygens (including phenoxy) is 3. The van der Waals surface area contributed by atoms with Crippen LogP contribution in [-0.4, -0.2) is 48.6 Å². The lowest BCUT2D eigenvalue weighted by atomic mass is 9.96. The number of aromatic nitrogens is 2. The number of rotatable bonds is 7. The Bertz CT molecular complexity index is 1520. The monoisotopic (exact) mass is 547 g/mol. The fourth-order valence-electron chi connectivity index (χ4n) is 4.72. The maximum absolute atomic E-state index is 12.7. The van der Waals surface area contributed by atoms with Crippen LogP contribution in [0.3, 0.4) is 0 Å². The molecule has 0 fully saturated rings. The van der Waals surface area contributed by atoms with E-state index in [2.05, 4.69) is 15.3 Å². The summed E-state index contributed by atoms with van der Waals surface area (Å²) in [6, 6.07) is 12.4. The highest BCUT2D eigenvalue weighted by atomic mass is 32.1. The first-order valence-electron chi connectivity index (χ1n) is 12.8. The first-order valence-corrected chi connectivity index (χ1v) is 13.6. The predicted octanol–water partition coefficient (Wildman–Crippen LogP) is 5.54. The summed E-state index contributed by atoms with van der Waals surface area (Å²) < 4.78 is 15.5. The molecule has 10 heteroatoms. The molecule has 1 amide bonds. The van der Waals surface area contributed by atoms with Gasteiger partial charge in [-0.2, -0.15) is 0 Å². The number of H-pyrrole nitrogens is 1. The Morgan fingerprint density at radius 2 is 1.74 bits per heavy atom. The van der Waals surface area contributed by atoms with Crippen LogP contribution in [0.25, 0.3) is 22.4 Å². The number of thiophene rings is 1. The minimum absolute atomic E-state index is 0.287. The van der Waals surface area contributed by atoms with Gasteiger partial charge < -0.3 is 24.5 Å². The van der Waals surface area contributed by atoms with Crippen LogP contribution in [0.5, 0.6) is 5.75 Å². The summed E-state index contributed by atoms with van der Waals surface area (Å²) in [7, 11) is 2.94. The van der Waals surface area contributed by atoms with E-state index in [-0.39, 0.29) is 5.56 Å². The van der Waals surface area contributed by atoms with Gasteiger partial charge in [0.2, 0.25) is 0 Å². The summed E-state index contributed by atoms with van der Waals surface area (Å²) in [5, 5.41) is 3.21. The largest absolute Gasteiger partial charge is 0.497 e. The summed E-state index contributed by atoms with van der Waals surface area (Å²) >= 11 is 1.40. The molecule has 1 aliphatic carbocycles. The molecule has 39 heavy (non-hydrogen) atoms. The Kier molecular flexibility index (Phi) is 7.92. The van der Waals surface area contributed by atoms with E-state index in [0.717, 1.165) is 60.3 Å². The predicted molar refractivity (Wildman–Crippen MR) is 149 cm³/mol. The second-order valence-corrected chi connectivity index (χ2v) is 10.4. The van der Waals surface area contributed by atoms with Gasteiger partial charge in [0.05, 0.1) is 36.4 Å². The zero-order chi connectivity index (χ0) is 27.4. The number of anilines is 1. The molecule has 0 aliphatic heterocycles. The van der Waals surface area contributed by atoms with Crippen molar-refractivity contribution in [3.63, 3.8) is 0 Å². The maximum Gasteiger partial charge on any atom is 0.341 e. The molecule has 0 bridgehead atoms. The molecule has 0 saturated carbocycles. The van der Waals surface area contributed by atoms with Gasteiger partial charge in [-0.15, -0.1) is 11.3 Å². The molecule has 0 unspecified atom stereocenters. The van der Waals surface area contributed by atoms with E-state index in [0.29, 0.717) is 27.4 Å². The molecule has 0 saturated heterocycles. The molecule has 0 spiro atoms. The molecule has 4 aromatic rings. The summed E-state index contributed by atoms with van der Waals surface area (Å²) in [5.41, 5.74) is 3.89. The molecule has 9 nitrogen and oxygen atoms in total. The normalized spacial score (nSPS) is 13.2. The summed E-state index contributed by atoms with van der Waals surface area (Å²) in [6.45, 7) is -0.486. The van der Waals surface area contributed by atoms with E-state index < -0.39 is 24.5 Å². The van der Waals surface area contributed by atoms with E-state index in [4.69, 9.17) is 14.2 Å². The number of hydrogen-bond acceptors (Lipinski definition) is 8. The van der Waals surface area contributed by atoms with E-state index in [1.165, 1.54) is 18.4 Å². The van der Waals surface area contributed by atoms with Gasteiger partial charge in [0.15, 0.2) is 6.61 Å². The number of esters is 2. The lowest BCUT2D eigenvalue weighted by molar-refractivity contribution is -0.119. The molecule has 2 aromatic heterocycles. The highest BCUT2D eigenvalue weighted by Crippen LogP contribution is 2.37. The molecular formula is C29H29N3O6S. The quantitative estimate of drug-likeness (QED) is 0.292. The Morgan fingerprint density at radius 1 is 0.974 bits per heavy atom. The van der Waals surface area contributed by atoms with Crippen molar-refractivity contribution in [1.82, 2.24) is 9.97 Å². The maximum atomic E-state index is 12.7. The second-order valence-electron chi connectivity index (χ2n) is 9.28. The first-order chi connectivity index (χ1) is 19.0. The van der Waals surface area contributed by atoms with Crippen LogP contribution in [0.4, 0.5) is 5.00 Å². The zero-order valence-electron chi connectivity index (χ0n) is 21.8. The standard InChI is InChI=1S/C29H29N3O6S/c1-36-19-12-9-17(10-13-19)26-30-21-14-11-18(15-22(21)31-26)28(34)38-16-24(33)32-27-25(29(35)37-2)20-7-5-3-4-6-8-23(20)39-27/h9-15H,3-8,16H2,1-2H3,(H,30,31)(H,32,33). The minimum Gasteiger partial charge on any atom is -0.497 e. The van der Waals surface area contributed by atoms with Crippen molar-refractivity contribution in [2.45, 2.75) is 38.5 Å². The van der Waals surface area contributed by atoms with Crippen molar-refractivity contribution in [3.8, 4) is 17.1 Å². The smallest absolute Gasteiger partial charge is 0.341 e. The van der Waals surface area contributed by atoms with Crippen LogP contribution in [0.2, 0.25) is 0 Å². The number of nitrogens with zero attached hydrogens (tertiary/aromatic N) is 1. The number of amides is 1. The number of carbonyl (C=O) groups is 3. The molecule has 1 aliphatic rings. The Labute approximate surface area is 229 Å². The third kappa shape index (κ3) is 5.80. The number of aryl methyl sites for hydroxylation is 1. The van der Waals surface area contributed by atoms with Gasteiger partial charge in [0.25, 0.3) is 5.91 Å². The number of hydrogen-bond donors (Lipinski definition) is 2. The third-order valence-corrected chi connectivity index (χ3v) is 7.94. The number of imidazole rings is 1. The van der Waals surface area contributed by atoms with E-state index in [1.807, 2.05) is 24.3 Å². The van der Waals surface area contributed by atoms with Gasteiger partial charge in [-0.25, -0.2) is 14.6 Å². The van der Waals surface area contributed by atoms with Crippen LogP contribution in [0.15, 0.2) is 42.5 Å². The van der Waals surface area contributed by atoms with Gasteiger partial charge in [0, 0.05) is 10.4 Å². The lowest BCUT2D eigenvalue weighted by Crippen LogP contribution is -2.21. The molecule has 2 heterocycles. The Hall–Kier alpha value is -4.18. The molecule has 202 valence electrons. The number of methoxy groups -OCH3 is 2. The van der Waals surface area contributed by atoms with Gasteiger partial charge >= 0.3 is 11.9 Å². The molecule has 5 rings (SSSR count). The Morgan fingerprint density at radius 3 is 2.49 bits per heavy atom. The van der Waals surface area contributed by atoms with E-state index in [1.54, 1.807) is 25.3 Å². The van der Waals surface area contributed by atoms with Crippen molar-refractivity contribution in [1.29, 1.82) is 0 Å². The average Bonchev–Trinajstić information content (AvgIpc) is 3.51. The number of nitrogens with one attached hydrogen (secondary N) is 2. The lowest BCUT2D eigenvalue weighted by Gasteiger charge is -2.11. The van der Waals surface area contributed by atoms with Crippen LogP contribution in [-0.2, 0) is 27.1 Å². The van der Waals surface area contributed by atoms with Crippen molar-refractivity contribution in [2.24, 2.45) is 0 Å². The number of carbonyl (C=O) groups excluding carboxylic acids is 3. The van der Waals surface area contributed by atoms with Gasteiger partial charge in [-0.1, -0.05) is 12.8 Å². The van der Waals surface area contributed by atoms with Gasteiger partial charge in [-0.05, 0) is 73.7 Å². The first kappa shape index (κ1) is 26.4. The van der Waals surface area contributed by atoms with Gasteiger partial charge in [0.1, 0.15) is 16.6 Å². The summed E-state index contributed by atoms with van der Waals surface area (Å²) in [6.07, 6.45) is 5.93. The third-order valence-electron chi connectivity index (χ3n) is 6.73. The SMILES string of the molecule is COC(=O)c1c(NC(=O)COC(=O)c2ccc3nc(-c4ccc(OC)cc4)[nH]c3c2)sc2c1CCCCCC2. The highest BCUT2D eigenvalue weighted by molar-refractivity contribution is 7.17. The van der Waals surface area contributed by atoms with Crippen molar-refractivity contribution >= 4 is 45.2 Å². The Balaban J connectivity index is 1.26. The molecule has 2 aromatic carbocycles. The van der Waals surface area contributed by atoms with Crippen LogP contribution in [0, 0.1) is 0 Å². The molecular weight excluding hydrogens is 518 g/mol. The average molecular weight is 548 g/mol. The van der Waals surface area contributed by atoms with Crippen molar-refractivity contribution in [3.05, 3.63) is 64.0 Å². The molecule has 2 N–H and O–H groups in total. The fourth-order valence-corrected chi connectivity index (χ4v) is 6.02.